The number of carbonyl (C=O) groups is 2. The van der Waals surface area contributed by atoms with Crippen molar-refractivity contribution in [1.82, 2.24) is 4.90 Å². The van der Waals surface area contributed by atoms with E-state index >= 15 is 0 Å². The molecule has 172 valence electrons. The van der Waals surface area contributed by atoms with Gasteiger partial charge in [-0.15, -0.1) is 0 Å². The maximum absolute atomic E-state index is 13.0. The lowest BCUT2D eigenvalue weighted by molar-refractivity contribution is -0.134. The number of ether oxygens (including phenoxy) is 1. The molecule has 1 amide bonds. The topological polar surface area (TPSA) is 84.0 Å². The Hall–Kier alpha value is -2.58. The molecule has 0 heterocycles. The third kappa shape index (κ3) is 5.81. The standard InChI is InChI=1S/C23H27ClN2O5S/c1-3-13-26(15-17-9-10-17)22(27)16-31-23(28)20-14-19(11-12-21(20)24)32(29,30)25(2)18-7-5-4-6-8-18/h4-8,11-12,14,17H,3,9-10,13,15-16H2,1-2H3. The normalized spacial score (nSPS) is 13.5. The number of amides is 1. The first-order chi connectivity index (χ1) is 15.2. The molecule has 3 rings (SSSR count). The van der Waals surface area contributed by atoms with Gasteiger partial charge in [0.05, 0.1) is 21.2 Å². The SMILES string of the molecule is CCCN(CC1CC1)C(=O)COC(=O)c1cc(S(=O)(=O)N(C)c2ccccc2)ccc1Cl. The molecule has 0 aliphatic heterocycles. The number of esters is 1. The summed E-state index contributed by atoms with van der Waals surface area (Å²) in [6, 6.07) is 12.4. The second-order valence-corrected chi connectivity index (χ2v) is 10.2. The molecule has 0 saturated heterocycles. The van der Waals surface area contributed by atoms with Crippen LogP contribution in [0.4, 0.5) is 5.69 Å². The Balaban J connectivity index is 1.73. The zero-order valence-corrected chi connectivity index (χ0v) is 19.7. The lowest BCUT2D eigenvalue weighted by Gasteiger charge is -2.22. The highest BCUT2D eigenvalue weighted by atomic mass is 35.5. The molecule has 0 atom stereocenters. The number of sulfonamides is 1. The monoisotopic (exact) mass is 478 g/mol. The second kappa shape index (κ2) is 10.4. The largest absolute Gasteiger partial charge is 0.452 e. The second-order valence-electron chi connectivity index (χ2n) is 7.81. The lowest BCUT2D eigenvalue weighted by Crippen LogP contribution is -2.36. The zero-order valence-electron chi connectivity index (χ0n) is 18.2. The van der Waals surface area contributed by atoms with E-state index < -0.39 is 22.6 Å². The summed E-state index contributed by atoms with van der Waals surface area (Å²) in [7, 11) is -2.50. The Morgan fingerprint density at radius 3 is 2.44 bits per heavy atom. The first kappa shape index (κ1) is 24.1. The number of hydrogen-bond donors (Lipinski definition) is 0. The highest BCUT2D eigenvalue weighted by Crippen LogP contribution is 2.30. The van der Waals surface area contributed by atoms with Crippen molar-refractivity contribution in [3.63, 3.8) is 0 Å². The molecule has 1 saturated carbocycles. The van der Waals surface area contributed by atoms with E-state index in [9.17, 15) is 18.0 Å². The molecule has 0 spiro atoms. The molecule has 2 aromatic rings. The van der Waals surface area contributed by atoms with Gasteiger partial charge in [0, 0.05) is 20.1 Å². The third-order valence-corrected chi connectivity index (χ3v) is 7.40. The predicted molar refractivity (Wildman–Crippen MR) is 123 cm³/mol. The lowest BCUT2D eigenvalue weighted by atomic mass is 10.2. The quantitative estimate of drug-likeness (QED) is 0.482. The summed E-state index contributed by atoms with van der Waals surface area (Å²) in [5.41, 5.74) is 0.370. The number of rotatable bonds is 10. The minimum absolute atomic E-state index is 0.0483. The molecular formula is C23H27ClN2O5S. The molecule has 0 bridgehead atoms. The average molecular weight is 479 g/mol. The zero-order chi connectivity index (χ0) is 23.3. The number of halogens is 1. The van der Waals surface area contributed by atoms with Crippen molar-refractivity contribution in [3.8, 4) is 0 Å². The Kier molecular flexibility index (Phi) is 7.79. The van der Waals surface area contributed by atoms with Crippen LogP contribution in [0, 0.1) is 5.92 Å². The summed E-state index contributed by atoms with van der Waals surface area (Å²) < 4.78 is 32.4. The van der Waals surface area contributed by atoms with E-state index in [1.54, 1.807) is 35.2 Å². The summed E-state index contributed by atoms with van der Waals surface area (Å²) in [6.45, 7) is 2.85. The van der Waals surface area contributed by atoms with E-state index in [1.807, 2.05) is 6.92 Å². The first-order valence-electron chi connectivity index (χ1n) is 10.5. The Morgan fingerprint density at radius 1 is 1.12 bits per heavy atom. The highest BCUT2D eigenvalue weighted by Gasteiger charge is 2.28. The van der Waals surface area contributed by atoms with Crippen molar-refractivity contribution >= 4 is 39.2 Å². The average Bonchev–Trinajstić information content (AvgIpc) is 3.61. The predicted octanol–water partition coefficient (Wildman–Crippen LogP) is 3.97. The third-order valence-electron chi connectivity index (χ3n) is 5.28. The van der Waals surface area contributed by atoms with Crippen LogP contribution in [0.2, 0.25) is 5.02 Å². The van der Waals surface area contributed by atoms with Crippen LogP contribution in [-0.2, 0) is 19.6 Å². The molecule has 2 aromatic carbocycles. The maximum atomic E-state index is 13.0. The molecule has 9 heteroatoms. The van der Waals surface area contributed by atoms with Crippen LogP contribution in [0.3, 0.4) is 0 Å². The number of para-hydroxylation sites is 1. The van der Waals surface area contributed by atoms with Gasteiger partial charge in [-0.25, -0.2) is 13.2 Å². The number of carbonyl (C=O) groups excluding carboxylic acids is 2. The van der Waals surface area contributed by atoms with E-state index in [0.717, 1.165) is 23.6 Å². The van der Waals surface area contributed by atoms with E-state index in [2.05, 4.69) is 0 Å². The van der Waals surface area contributed by atoms with Gasteiger partial charge < -0.3 is 9.64 Å². The number of benzene rings is 2. The van der Waals surface area contributed by atoms with Crippen LogP contribution in [0.5, 0.6) is 0 Å². The van der Waals surface area contributed by atoms with Crippen LogP contribution in [0.1, 0.15) is 36.5 Å². The fraction of sp³-hybridized carbons (Fsp3) is 0.391. The van der Waals surface area contributed by atoms with Gasteiger partial charge in [-0.3, -0.25) is 9.10 Å². The van der Waals surface area contributed by atoms with Crippen LogP contribution in [0.25, 0.3) is 0 Å². The van der Waals surface area contributed by atoms with Crippen molar-refractivity contribution in [2.24, 2.45) is 5.92 Å². The van der Waals surface area contributed by atoms with E-state index in [-0.39, 0.29) is 21.4 Å². The summed E-state index contributed by atoms with van der Waals surface area (Å²) in [4.78, 5) is 26.7. The molecule has 1 fully saturated rings. The van der Waals surface area contributed by atoms with E-state index in [4.69, 9.17) is 16.3 Å². The van der Waals surface area contributed by atoms with Crippen LogP contribution in [0.15, 0.2) is 53.4 Å². The van der Waals surface area contributed by atoms with Crippen molar-refractivity contribution in [3.05, 3.63) is 59.1 Å². The highest BCUT2D eigenvalue weighted by molar-refractivity contribution is 7.92. The first-order valence-corrected chi connectivity index (χ1v) is 12.3. The van der Waals surface area contributed by atoms with Crippen molar-refractivity contribution < 1.29 is 22.7 Å². The van der Waals surface area contributed by atoms with Gasteiger partial charge in [0.1, 0.15) is 0 Å². The maximum Gasteiger partial charge on any atom is 0.340 e. The Labute approximate surface area is 194 Å². The summed E-state index contributed by atoms with van der Waals surface area (Å²) in [5.74, 6) is -0.583. The molecule has 32 heavy (non-hydrogen) atoms. The molecule has 7 nitrogen and oxygen atoms in total. The molecule has 0 unspecified atom stereocenters. The Morgan fingerprint density at radius 2 is 1.81 bits per heavy atom. The molecule has 1 aliphatic rings. The van der Waals surface area contributed by atoms with Gasteiger partial charge in [0.2, 0.25) is 0 Å². The van der Waals surface area contributed by atoms with Crippen LogP contribution < -0.4 is 4.31 Å². The van der Waals surface area contributed by atoms with Crippen molar-refractivity contribution in [1.29, 1.82) is 0 Å². The van der Waals surface area contributed by atoms with Gasteiger partial charge in [0.15, 0.2) is 6.61 Å². The molecule has 0 radical (unpaired) electrons. The fourth-order valence-corrected chi connectivity index (χ4v) is 4.67. The molecule has 1 aliphatic carbocycles. The number of anilines is 1. The minimum Gasteiger partial charge on any atom is -0.452 e. The van der Waals surface area contributed by atoms with Gasteiger partial charge in [0.25, 0.3) is 15.9 Å². The molecular weight excluding hydrogens is 452 g/mol. The smallest absolute Gasteiger partial charge is 0.340 e. The number of nitrogens with zero attached hydrogens (tertiary/aromatic N) is 2. The van der Waals surface area contributed by atoms with E-state index in [0.29, 0.717) is 24.7 Å². The van der Waals surface area contributed by atoms with Gasteiger partial charge in [-0.2, -0.15) is 0 Å². The minimum atomic E-state index is -3.93. The van der Waals surface area contributed by atoms with Gasteiger partial charge in [-0.1, -0.05) is 36.7 Å². The fourth-order valence-electron chi connectivity index (χ4n) is 3.25. The molecule has 0 N–H and O–H groups in total. The van der Waals surface area contributed by atoms with E-state index in [1.165, 1.54) is 25.2 Å². The van der Waals surface area contributed by atoms with Crippen LogP contribution >= 0.6 is 11.6 Å². The van der Waals surface area contributed by atoms with Gasteiger partial charge >= 0.3 is 5.97 Å². The number of hydrogen-bond acceptors (Lipinski definition) is 5. The van der Waals surface area contributed by atoms with Crippen LogP contribution in [-0.4, -0.2) is 51.9 Å². The summed E-state index contributed by atoms with van der Waals surface area (Å²) in [6.07, 6.45) is 3.04. The Bertz CT molecular complexity index is 1070. The van der Waals surface area contributed by atoms with Crippen molar-refractivity contribution in [2.45, 2.75) is 31.1 Å². The summed E-state index contributed by atoms with van der Waals surface area (Å²) >= 11 is 6.14. The van der Waals surface area contributed by atoms with Crippen molar-refractivity contribution in [2.75, 3.05) is 31.0 Å². The molecule has 0 aromatic heterocycles. The summed E-state index contributed by atoms with van der Waals surface area (Å²) in [5, 5.41) is 0.0483. The van der Waals surface area contributed by atoms with Gasteiger partial charge in [-0.05, 0) is 55.5 Å².